The third-order valence-electron chi connectivity index (χ3n) is 3.80. The number of fused-ring (bicyclic) bond motifs is 1. The molecule has 1 N–H and O–H groups in total. The fraction of sp³-hybridized carbons (Fsp3) is 0.278. The highest BCUT2D eigenvalue weighted by molar-refractivity contribution is 7.91. The van der Waals surface area contributed by atoms with Crippen LogP contribution in [0.4, 0.5) is 0 Å². The monoisotopic (exact) mass is 361 g/mol. The van der Waals surface area contributed by atoms with Crippen molar-refractivity contribution >= 4 is 15.7 Å². The molecule has 0 aromatic heterocycles. The van der Waals surface area contributed by atoms with Gasteiger partial charge < -0.3 is 14.8 Å². The van der Waals surface area contributed by atoms with Gasteiger partial charge in [-0.2, -0.15) is 0 Å². The molecule has 0 saturated carbocycles. The van der Waals surface area contributed by atoms with Crippen molar-refractivity contribution in [1.29, 1.82) is 0 Å². The first-order valence-corrected chi connectivity index (χ1v) is 9.63. The molecule has 2 aromatic carbocycles. The molecule has 1 amide bonds. The van der Waals surface area contributed by atoms with E-state index in [4.69, 9.17) is 9.47 Å². The molecular formula is C18H19NO5S. The highest BCUT2D eigenvalue weighted by atomic mass is 32.2. The lowest BCUT2D eigenvalue weighted by Gasteiger charge is -2.18. The lowest BCUT2D eigenvalue weighted by Crippen LogP contribution is -2.25. The third-order valence-corrected chi connectivity index (χ3v) is 5.52. The second-order valence-corrected chi connectivity index (χ2v) is 7.75. The van der Waals surface area contributed by atoms with Crippen LogP contribution in [0.1, 0.15) is 12.0 Å². The van der Waals surface area contributed by atoms with Crippen LogP contribution < -0.4 is 14.8 Å². The van der Waals surface area contributed by atoms with Crippen LogP contribution in [-0.4, -0.2) is 33.3 Å². The van der Waals surface area contributed by atoms with Gasteiger partial charge in [-0.15, -0.1) is 0 Å². The lowest BCUT2D eigenvalue weighted by atomic mass is 10.2. The summed E-state index contributed by atoms with van der Waals surface area (Å²) in [4.78, 5) is 12.0. The van der Waals surface area contributed by atoms with Gasteiger partial charge >= 0.3 is 0 Å². The molecule has 1 aliphatic rings. The molecule has 0 atom stereocenters. The van der Waals surface area contributed by atoms with E-state index in [2.05, 4.69) is 5.32 Å². The van der Waals surface area contributed by atoms with E-state index in [1.807, 2.05) is 30.3 Å². The molecule has 0 bridgehead atoms. The van der Waals surface area contributed by atoms with E-state index in [0.717, 1.165) is 5.56 Å². The zero-order valence-electron chi connectivity index (χ0n) is 13.6. The number of amides is 1. The molecule has 2 aromatic rings. The maximum atomic E-state index is 12.4. The molecule has 0 fully saturated rings. The van der Waals surface area contributed by atoms with Gasteiger partial charge in [0.2, 0.25) is 5.91 Å². The molecule has 7 heteroatoms. The standard InChI is InChI=1S/C18H19NO5S/c20-18(19-13-14-4-2-1-3-5-14)8-11-25(21,22)15-6-7-16-17(12-15)24-10-9-23-16/h1-7,12H,8-11,13H2,(H,19,20). The minimum absolute atomic E-state index is 0.0936. The molecule has 0 aliphatic carbocycles. The minimum atomic E-state index is -3.57. The lowest BCUT2D eigenvalue weighted by molar-refractivity contribution is -0.120. The van der Waals surface area contributed by atoms with Crippen LogP contribution in [0.15, 0.2) is 53.4 Å². The van der Waals surface area contributed by atoms with Crippen molar-refractivity contribution in [2.45, 2.75) is 17.9 Å². The van der Waals surface area contributed by atoms with Crippen LogP contribution in [0.2, 0.25) is 0 Å². The molecule has 1 heterocycles. The van der Waals surface area contributed by atoms with Gasteiger partial charge in [-0.05, 0) is 17.7 Å². The van der Waals surface area contributed by atoms with Crippen LogP contribution in [-0.2, 0) is 21.2 Å². The molecule has 0 radical (unpaired) electrons. The smallest absolute Gasteiger partial charge is 0.221 e. The van der Waals surface area contributed by atoms with Crippen molar-refractivity contribution in [2.24, 2.45) is 0 Å². The zero-order chi connectivity index (χ0) is 17.7. The quantitative estimate of drug-likeness (QED) is 0.850. The van der Waals surface area contributed by atoms with Crippen molar-refractivity contribution in [1.82, 2.24) is 5.32 Å². The Morgan fingerprint density at radius 1 is 1.00 bits per heavy atom. The number of ether oxygens (including phenoxy) is 2. The van der Waals surface area contributed by atoms with E-state index in [9.17, 15) is 13.2 Å². The van der Waals surface area contributed by atoms with Crippen LogP contribution in [0, 0.1) is 0 Å². The number of hydrogen-bond donors (Lipinski definition) is 1. The summed E-state index contributed by atoms with van der Waals surface area (Å²) < 4.78 is 35.6. The second kappa shape index (κ2) is 7.57. The van der Waals surface area contributed by atoms with E-state index in [1.54, 1.807) is 6.07 Å². The van der Waals surface area contributed by atoms with Crippen molar-refractivity contribution in [3.63, 3.8) is 0 Å². The highest BCUT2D eigenvalue weighted by Crippen LogP contribution is 2.32. The van der Waals surface area contributed by atoms with Gasteiger partial charge in [-0.3, -0.25) is 4.79 Å². The molecule has 6 nitrogen and oxygen atoms in total. The topological polar surface area (TPSA) is 81.7 Å². The van der Waals surface area contributed by atoms with Gasteiger partial charge in [0.15, 0.2) is 21.3 Å². The molecule has 1 aliphatic heterocycles. The van der Waals surface area contributed by atoms with Crippen molar-refractivity contribution in [3.05, 3.63) is 54.1 Å². The van der Waals surface area contributed by atoms with Crippen molar-refractivity contribution < 1.29 is 22.7 Å². The summed E-state index contributed by atoms with van der Waals surface area (Å²) in [6.07, 6.45) is -0.0936. The van der Waals surface area contributed by atoms with E-state index in [1.165, 1.54) is 12.1 Å². The molecule has 0 spiro atoms. The Kier molecular flexibility index (Phi) is 5.23. The fourth-order valence-corrected chi connectivity index (χ4v) is 3.70. The van der Waals surface area contributed by atoms with Crippen LogP contribution in [0.3, 0.4) is 0 Å². The number of sulfone groups is 1. The SMILES string of the molecule is O=C(CCS(=O)(=O)c1ccc2c(c1)OCCO2)NCc1ccccc1. The van der Waals surface area contributed by atoms with Crippen LogP contribution in [0.25, 0.3) is 0 Å². The molecule has 3 rings (SSSR count). The number of carbonyl (C=O) groups excluding carboxylic acids is 1. The Balaban J connectivity index is 1.57. The maximum Gasteiger partial charge on any atom is 0.221 e. The average Bonchev–Trinajstić information content (AvgIpc) is 2.65. The fourth-order valence-electron chi connectivity index (χ4n) is 2.45. The summed E-state index contributed by atoms with van der Waals surface area (Å²) in [5, 5.41) is 2.72. The van der Waals surface area contributed by atoms with Crippen molar-refractivity contribution in [2.75, 3.05) is 19.0 Å². The van der Waals surface area contributed by atoms with E-state index < -0.39 is 9.84 Å². The van der Waals surface area contributed by atoms with E-state index in [0.29, 0.717) is 31.3 Å². The Bertz CT molecular complexity index is 849. The summed E-state index contributed by atoms with van der Waals surface area (Å²) in [7, 11) is -3.57. The third kappa shape index (κ3) is 4.51. The maximum absolute atomic E-state index is 12.4. The Morgan fingerprint density at radius 2 is 1.72 bits per heavy atom. The Hall–Kier alpha value is -2.54. The van der Waals surface area contributed by atoms with E-state index >= 15 is 0 Å². The summed E-state index contributed by atoms with van der Waals surface area (Å²) in [6.45, 7) is 1.21. The van der Waals surface area contributed by atoms with Crippen LogP contribution in [0.5, 0.6) is 11.5 Å². The predicted molar refractivity (Wildman–Crippen MR) is 92.4 cm³/mol. The first kappa shape index (κ1) is 17.3. The average molecular weight is 361 g/mol. The first-order valence-electron chi connectivity index (χ1n) is 7.98. The number of benzene rings is 2. The predicted octanol–water partition coefficient (Wildman–Crippen LogP) is 1.94. The second-order valence-electron chi connectivity index (χ2n) is 5.64. The van der Waals surface area contributed by atoms with Gasteiger partial charge in [0.25, 0.3) is 0 Å². The largest absolute Gasteiger partial charge is 0.486 e. The zero-order valence-corrected chi connectivity index (χ0v) is 14.4. The molecule has 0 saturated heterocycles. The Labute approximate surface area is 146 Å². The van der Waals surface area contributed by atoms with Gasteiger partial charge in [-0.1, -0.05) is 30.3 Å². The normalized spacial score (nSPS) is 13.3. The summed E-state index contributed by atoms with van der Waals surface area (Å²) in [5.41, 5.74) is 0.963. The van der Waals surface area contributed by atoms with Gasteiger partial charge in [0, 0.05) is 19.0 Å². The minimum Gasteiger partial charge on any atom is -0.486 e. The summed E-state index contributed by atoms with van der Waals surface area (Å²) in [5.74, 6) is 0.393. The molecular weight excluding hydrogens is 342 g/mol. The van der Waals surface area contributed by atoms with Gasteiger partial charge in [-0.25, -0.2) is 8.42 Å². The number of nitrogens with one attached hydrogen (secondary N) is 1. The highest BCUT2D eigenvalue weighted by Gasteiger charge is 2.20. The first-order chi connectivity index (χ1) is 12.0. The summed E-state index contributed by atoms with van der Waals surface area (Å²) in [6, 6.07) is 14.0. The number of carbonyl (C=O) groups is 1. The van der Waals surface area contributed by atoms with Crippen LogP contribution >= 0.6 is 0 Å². The van der Waals surface area contributed by atoms with E-state index in [-0.39, 0.29) is 23.0 Å². The van der Waals surface area contributed by atoms with Gasteiger partial charge in [0.05, 0.1) is 10.6 Å². The van der Waals surface area contributed by atoms with Gasteiger partial charge in [0.1, 0.15) is 13.2 Å². The summed E-state index contributed by atoms with van der Waals surface area (Å²) >= 11 is 0. The number of rotatable bonds is 6. The molecule has 132 valence electrons. The molecule has 25 heavy (non-hydrogen) atoms. The Morgan fingerprint density at radius 3 is 2.48 bits per heavy atom. The van der Waals surface area contributed by atoms with Crippen molar-refractivity contribution in [3.8, 4) is 11.5 Å². The number of hydrogen-bond acceptors (Lipinski definition) is 5. The molecule has 0 unspecified atom stereocenters.